The second-order valence-electron chi connectivity index (χ2n) is 5.50. The van der Waals surface area contributed by atoms with Crippen LogP contribution in [0.2, 0.25) is 0 Å². The first kappa shape index (κ1) is 16.4. The molecule has 0 saturated heterocycles. The summed E-state index contributed by atoms with van der Waals surface area (Å²) in [6.07, 6.45) is 0. The molecule has 5 heteroatoms. The molecule has 2 aromatic rings. The molecule has 0 radical (unpaired) electrons. The van der Waals surface area contributed by atoms with Gasteiger partial charge in [-0.3, -0.25) is 4.79 Å². The van der Waals surface area contributed by atoms with E-state index in [9.17, 15) is 15.3 Å². The van der Waals surface area contributed by atoms with Crippen molar-refractivity contribution in [2.45, 2.75) is 0 Å². The van der Waals surface area contributed by atoms with Gasteiger partial charge < -0.3 is 10.1 Å². The van der Waals surface area contributed by atoms with E-state index in [4.69, 9.17) is 4.74 Å². The Morgan fingerprint density at radius 2 is 1.72 bits per heavy atom. The quantitative estimate of drug-likeness (QED) is 0.589. The number of ether oxygens (including phenoxy) is 1. The molecule has 122 valence electrons. The van der Waals surface area contributed by atoms with Gasteiger partial charge in [-0.15, -0.1) is 0 Å². The van der Waals surface area contributed by atoms with E-state index in [-0.39, 0.29) is 11.5 Å². The van der Waals surface area contributed by atoms with Gasteiger partial charge in [-0.05, 0) is 22.8 Å². The third-order valence-corrected chi connectivity index (χ3v) is 4.11. The minimum Gasteiger partial charge on any atom is -0.383 e. The molecule has 2 aromatic carbocycles. The molecule has 0 spiro atoms. The van der Waals surface area contributed by atoms with Crippen molar-refractivity contribution in [1.82, 2.24) is 5.32 Å². The first-order valence-corrected chi connectivity index (χ1v) is 7.77. The number of nitriles is 2. The van der Waals surface area contributed by atoms with Gasteiger partial charge in [0.05, 0.1) is 6.61 Å². The van der Waals surface area contributed by atoms with Crippen molar-refractivity contribution < 1.29 is 9.53 Å². The van der Waals surface area contributed by atoms with Crippen LogP contribution in [0.25, 0.3) is 16.7 Å². The molecule has 1 aliphatic carbocycles. The molecule has 0 atom stereocenters. The van der Waals surface area contributed by atoms with Gasteiger partial charge in [-0.25, -0.2) is 0 Å². The summed E-state index contributed by atoms with van der Waals surface area (Å²) >= 11 is 0. The number of nitrogens with zero attached hydrogens (tertiary/aromatic N) is 2. The fourth-order valence-corrected chi connectivity index (χ4v) is 3.07. The summed E-state index contributed by atoms with van der Waals surface area (Å²) < 4.78 is 4.96. The number of fused-ring (bicyclic) bond motifs is 3. The van der Waals surface area contributed by atoms with Crippen LogP contribution in [-0.2, 0) is 4.74 Å². The lowest BCUT2D eigenvalue weighted by molar-refractivity contribution is 0.0937. The third kappa shape index (κ3) is 2.78. The second kappa shape index (κ2) is 7.00. The monoisotopic (exact) mass is 329 g/mol. The average Bonchev–Trinajstić information content (AvgIpc) is 2.98. The molecule has 0 aliphatic heterocycles. The summed E-state index contributed by atoms with van der Waals surface area (Å²) in [5, 5.41) is 21.5. The Morgan fingerprint density at radius 1 is 1.04 bits per heavy atom. The summed E-state index contributed by atoms with van der Waals surface area (Å²) in [5.41, 5.74) is 4.29. The molecule has 0 saturated carbocycles. The molecule has 0 fully saturated rings. The standard InChI is InChI=1S/C20H15N3O2/c1-25-10-9-23-20(24)17-8-4-7-16-18(13(11-21)12-22)14-5-2-3-6-15(14)19(16)17/h2-8H,9-10H2,1H3,(H,23,24). The Kier molecular flexibility index (Phi) is 4.61. The summed E-state index contributed by atoms with van der Waals surface area (Å²) in [4.78, 5) is 12.6. The summed E-state index contributed by atoms with van der Waals surface area (Å²) in [5.74, 6) is -0.208. The Hall–Kier alpha value is -3.41. The van der Waals surface area contributed by atoms with Crippen molar-refractivity contribution in [3.8, 4) is 23.3 Å². The van der Waals surface area contributed by atoms with Crippen LogP contribution in [0.1, 0.15) is 21.5 Å². The highest BCUT2D eigenvalue weighted by molar-refractivity contribution is 6.11. The van der Waals surface area contributed by atoms with Gasteiger partial charge in [-0.2, -0.15) is 10.5 Å². The van der Waals surface area contributed by atoms with Gasteiger partial charge in [0.25, 0.3) is 5.91 Å². The number of allylic oxidation sites excluding steroid dienone is 1. The number of carbonyl (C=O) groups excluding carboxylic acids is 1. The zero-order valence-electron chi connectivity index (χ0n) is 13.7. The van der Waals surface area contributed by atoms with Crippen molar-refractivity contribution in [2.24, 2.45) is 0 Å². The molecule has 5 nitrogen and oxygen atoms in total. The first-order chi connectivity index (χ1) is 12.2. The Bertz CT molecular complexity index is 946. The smallest absolute Gasteiger partial charge is 0.252 e. The molecular weight excluding hydrogens is 314 g/mol. The van der Waals surface area contributed by atoms with Crippen LogP contribution < -0.4 is 5.32 Å². The predicted octanol–water partition coefficient (Wildman–Crippen LogP) is 2.89. The largest absolute Gasteiger partial charge is 0.383 e. The van der Waals surface area contributed by atoms with Crippen molar-refractivity contribution in [3.63, 3.8) is 0 Å². The van der Waals surface area contributed by atoms with Gasteiger partial charge in [0.1, 0.15) is 17.7 Å². The maximum absolute atomic E-state index is 12.6. The minimum absolute atomic E-state index is 0.0446. The van der Waals surface area contributed by atoms with E-state index in [2.05, 4.69) is 5.32 Å². The Morgan fingerprint density at radius 3 is 2.40 bits per heavy atom. The van der Waals surface area contributed by atoms with Crippen molar-refractivity contribution >= 4 is 11.5 Å². The van der Waals surface area contributed by atoms with Gasteiger partial charge in [0.2, 0.25) is 0 Å². The summed E-state index contributed by atoms with van der Waals surface area (Å²) in [7, 11) is 1.57. The number of carbonyl (C=O) groups is 1. The van der Waals surface area contributed by atoms with E-state index < -0.39 is 0 Å². The number of nitrogens with one attached hydrogen (secondary N) is 1. The zero-order chi connectivity index (χ0) is 17.8. The number of methoxy groups -OCH3 is 1. The molecule has 0 aromatic heterocycles. The van der Waals surface area contributed by atoms with E-state index in [1.54, 1.807) is 19.2 Å². The third-order valence-electron chi connectivity index (χ3n) is 4.11. The van der Waals surface area contributed by atoms with Crippen molar-refractivity contribution in [3.05, 3.63) is 64.7 Å². The van der Waals surface area contributed by atoms with Gasteiger partial charge in [-0.1, -0.05) is 36.4 Å². The fraction of sp³-hybridized carbons (Fsp3) is 0.150. The van der Waals surface area contributed by atoms with Gasteiger partial charge in [0, 0.05) is 30.4 Å². The zero-order valence-corrected chi connectivity index (χ0v) is 13.7. The van der Waals surface area contributed by atoms with E-state index in [0.717, 1.165) is 22.3 Å². The van der Waals surface area contributed by atoms with Gasteiger partial charge in [0.15, 0.2) is 0 Å². The van der Waals surface area contributed by atoms with E-state index in [0.29, 0.717) is 24.3 Å². The van der Waals surface area contributed by atoms with Crippen LogP contribution in [0.5, 0.6) is 0 Å². The highest BCUT2D eigenvalue weighted by Crippen LogP contribution is 2.46. The maximum Gasteiger partial charge on any atom is 0.252 e. The Labute approximate surface area is 145 Å². The molecule has 1 amide bonds. The lowest BCUT2D eigenvalue weighted by atomic mass is 9.97. The average molecular weight is 329 g/mol. The van der Waals surface area contributed by atoms with Crippen LogP contribution in [-0.4, -0.2) is 26.2 Å². The minimum atomic E-state index is -0.208. The van der Waals surface area contributed by atoms with E-state index in [1.165, 1.54) is 0 Å². The summed E-state index contributed by atoms with van der Waals surface area (Å²) in [6.45, 7) is 0.834. The number of benzene rings is 2. The fourth-order valence-electron chi connectivity index (χ4n) is 3.07. The van der Waals surface area contributed by atoms with E-state index in [1.807, 2.05) is 42.5 Å². The molecular formula is C20H15N3O2. The second-order valence-corrected chi connectivity index (χ2v) is 5.50. The lowest BCUT2D eigenvalue weighted by Crippen LogP contribution is -2.27. The lowest BCUT2D eigenvalue weighted by Gasteiger charge is -2.10. The van der Waals surface area contributed by atoms with Crippen LogP contribution in [0.15, 0.2) is 48.0 Å². The molecule has 1 N–H and O–H groups in total. The molecule has 25 heavy (non-hydrogen) atoms. The molecule has 0 unspecified atom stereocenters. The normalized spacial score (nSPS) is 11.1. The molecule has 3 rings (SSSR count). The van der Waals surface area contributed by atoms with Crippen LogP contribution in [0, 0.1) is 22.7 Å². The number of amides is 1. The highest BCUT2D eigenvalue weighted by Gasteiger charge is 2.29. The summed E-state index contributed by atoms with van der Waals surface area (Å²) in [6, 6.07) is 16.8. The SMILES string of the molecule is COCCNC(=O)c1cccc2c1-c1ccccc1C2=C(C#N)C#N. The number of rotatable bonds is 4. The van der Waals surface area contributed by atoms with Crippen LogP contribution >= 0.6 is 0 Å². The van der Waals surface area contributed by atoms with Crippen LogP contribution in [0.3, 0.4) is 0 Å². The number of hydrogen-bond acceptors (Lipinski definition) is 4. The highest BCUT2D eigenvalue weighted by atomic mass is 16.5. The van der Waals surface area contributed by atoms with Crippen molar-refractivity contribution in [1.29, 1.82) is 10.5 Å². The predicted molar refractivity (Wildman–Crippen MR) is 93.3 cm³/mol. The topological polar surface area (TPSA) is 85.9 Å². The first-order valence-electron chi connectivity index (χ1n) is 7.77. The Balaban J connectivity index is 2.21. The molecule has 0 heterocycles. The maximum atomic E-state index is 12.6. The van der Waals surface area contributed by atoms with Crippen molar-refractivity contribution in [2.75, 3.05) is 20.3 Å². The van der Waals surface area contributed by atoms with Crippen LogP contribution in [0.4, 0.5) is 0 Å². The number of hydrogen-bond donors (Lipinski definition) is 1. The van der Waals surface area contributed by atoms with E-state index >= 15 is 0 Å². The molecule has 0 bridgehead atoms. The molecule has 1 aliphatic rings. The van der Waals surface area contributed by atoms with Gasteiger partial charge >= 0.3 is 0 Å².